The van der Waals surface area contributed by atoms with Crippen molar-refractivity contribution in [3.63, 3.8) is 0 Å². The predicted octanol–water partition coefficient (Wildman–Crippen LogP) is 3.41. The van der Waals surface area contributed by atoms with Crippen LogP contribution in [0, 0.1) is 18.7 Å². The van der Waals surface area contributed by atoms with Gasteiger partial charge < -0.3 is 15.7 Å². The van der Waals surface area contributed by atoms with E-state index < -0.39 is 6.10 Å². The van der Waals surface area contributed by atoms with Crippen molar-refractivity contribution in [1.29, 1.82) is 0 Å². The van der Waals surface area contributed by atoms with Gasteiger partial charge in [0, 0.05) is 37.0 Å². The zero-order valence-corrected chi connectivity index (χ0v) is 18.7. The number of aliphatic hydroxyl groups excluding tert-OH is 1. The average Bonchev–Trinajstić information content (AvgIpc) is 3.23. The van der Waals surface area contributed by atoms with Crippen LogP contribution in [-0.2, 0) is 0 Å². The first-order chi connectivity index (χ1) is 16.4. The molecule has 34 heavy (non-hydrogen) atoms. The summed E-state index contributed by atoms with van der Waals surface area (Å²) in [5.74, 6) is -0.389. The lowest BCUT2D eigenvalue weighted by Crippen LogP contribution is -2.42. The van der Waals surface area contributed by atoms with Gasteiger partial charge in [-0.3, -0.25) is 9.78 Å². The number of carbonyl (C=O) groups is 1. The van der Waals surface area contributed by atoms with E-state index in [1.165, 1.54) is 12.1 Å². The van der Waals surface area contributed by atoms with Crippen molar-refractivity contribution in [2.24, 2.45) is 5.92 Å². The molecule has 1 aromatic carbocycles. The Balaban J connectivity index is 1.38. The minimum Gasteiger partial charge on any atom is -0.388 e. The van der Waals surface area contributed by atoms with Gasteiger partial charge in [0.15, 0.2) is 5.65 Å². The number of benzene rings is 1. The Morgan fingerprint density at radius 3 is 2.79 bits per heavy atom. The smallest absolute Gasteiger partial charge is 0.255 e. The van der Waals surface area contributed by atoms with E-state index in [9.17, 15) is 14.3 Å². The van der Waals surface area contributed by atoms with E-state index >= 15 is 0 Å². The molecule has 0 radical (unpaired) electrons. The molecule has 5 rings (SSSR count). The number of rotatable bonds is 4. The van der Waals surface area contributed by atoms with Crippen LogP contribution < -0.4 is 5.73 Å². The molecule has 4 heterocycles. The second kappa shape index (κ2) is 8.83. The Morgan fingerprint density at radius 1 is 1.21 bits per heavy atom. The maximum Gasteiger partial charge on any atom is 0.255 e. The number of pyridine rings is 2. The second-order valence-electron chi connectivity index (χ2n) is 8.70. The first-order valence-electron chi connectivity index (χ1n) is 11.2. The third-order valence-corrected chi connectivity index (χ3v) is 6.41. The van der Waals surface area contributed by atoms with Crippen LogP contribution in [-0.4, -0.2) is 48.6 Å². The van der Waals surface area contributed by atoms with Crippen LogP contribution in [0.1, 0.15) is 40.6 Å². The minimum atomic E-state index is -0.760. The molecule has 1 amide bonds. The van der Waals surface area contributed by atoms with Crippen LogP contribution >= 0.6 is 0 Å². The van der Waals surface area contributed by atoms with E-state index in [2.05, 4.69) is 15.1 Å². The summed E-state index contributed by atoms with van der Waals surface area (Å²) in [5.41, 5.74) is 9.75. The standard InChI is InChI=1S/C25H25FN6O2/c1-15-21(11-19(13-28-15)17-8-10-32-22(12-17)29-25(27)30-32)24(34)31-9-2-3-18(14-31)23(33)16-4-6-20(26)7-5-16/h4-8,10-13,18,23,33H,2-3,9,14H2,1H3,(H2,27,30). The monoisotopic (exact) mass is 460 g/mol. The summed E-state index contributed by atoms with van der Waals surface area (Å²) in [4.78, 5) is 23.9. The molecule has 4 aromatic rings. The summed E-state index contributed by atoms with van der Waals surface area (Å²) >= 11 is 0. The third-order valence-electron chi connectivity index (χ3n) is 6.41. The number of anilines is 1. The summed E-state index contributed by atoms with van der Waals surface area (Å²) in [7, 11) is 0. The average molecular weight is 461 g/mol. The highest BCUT2D eigenvalue weighted by molar-refractivity contribution is 5.96. The number of likely N-dealkylation sites (tertiary alicyclic amines) is 1. The molecule has 1 aliphatic rings. The summed E-state index contributed by atoms with van der Waals surface area (Å²) in [6, 6.07) is 11.4. The molecule has 3 N–H and O–H groups in total. The molecule has 0 spiro atoms. The van der Waals surface area contributed by atoms with Crippen LogP contribution in [0.2, 0.25) is 0 Å². The predicted molar refractivity (Wildman–Crippen MR) is 125 cm³/mol. The number of halogens is 1. The van der Waals surface area contributed by atoms with Crippen molar-refractivity contribution < 1.29 is 14.3 Å². The molecular weight excluding hydrogens is 435 g/mol. The Morgan fingerprint density at radius 2 is 2.00 bits per heavy atom. The largest absolute Gasteiger partial charge is 0.388 e. The topological polar surface area (TPSA) is 110 Å². The number of hydrogen-bond acceptors (Lipinski definition) is 6. The molecule has 0 aliphatic carbocycles. The van der Waals surface area contributed by atoms with E-state index in [1.807, 2.05) is 25.1 Å². The number of carbonyl (C=O) groups excluding carboxylic acids is 1. The summed E-state index contributed by atoms with van der Waals surface area (Å²) < 4.78 is 14.9. The molecular formula is C25H25FN6O2. The van der Waals surface area contributed by atoms with Crippen molar-refractivity contribution in [3.05, 3.63) is 77.5 Å². The van der Waals surface area contributed by atoms with E-state index in [4.69, 9.17) is 5.73 Å². The van der Waals surface area contributed by atoms with Gasteiger partial charge in [-0.05, 0) is 61.2 Å². The number of aromatic nitrogens is 4. The highest BCUT2D eigenvalue weighted by atomic mass is 19.1. The number of hydrogen-bond donors (Lipinski definition) is 2. The van der Waals surface area contributed by atoms with E-state index in [0.29, 0.717) is 35.6 Å². The molecule has 0 saturated carbocycles. The molecule has 3 aromatic heterocycles. The zero-order chi connectivity index (χ0) is 23.8. The number of aliphatic hydroxyl groups is 1. The number of nitrogens with zero attached hydrogens (tertiary/aromatic N) is 5. The maximum absolute atomic E-state index is 13.5. The molecule has 1 saturated heterocycles. The molecule has 9 heteroatoms. The quantitative estimate of drug-likeness (QED) is 0.483. The summed E-state index contributed by atoms with van der Waals surface area (Å²) in [6.45, 7) is 2.85. The van der Waals surface area contributed by atoms with Gasteiger partial charge in [0.1, 0.15) is 5.82 Å². The summed E-state index contributed by atoms with van der Waals surface area (Å²) in [5, 5.41) is 14.9. The Bertz CT molecular complexity index is 1350. The van der Waals surface area contributed by atoms with Crippen molar-refractivity contribution in [2.75, 3.05) is 18.8 Å². The van der Waals surface area contributed by atoms with Crippen molar-refractivity contribution in [2.45, 2.75) is 25.9 Å². The fourth-order valence-electron chi connectivity index (χ4n) is 4.54. The molecule has 1 aliphatic heterocycles. The number of fused-ring (bicyclic) bond motifs is 1. The minimum absolute atomic E-state index is 0.115. The number of nitrogen functional groups attached to an aromatic ring is 1. The summed E-state index contributed by atoms with van der Waals surface area (Å²) in [6.07, 6.45) is 4.31. The van der Waals surface area contributed by atoms with E-state index in [1.54, 1.807) is 33.9 Å². The molecule has 174 valence electrons. The van der Waals surface area contributed by atoms with Gasteiger partial charge in [0.25, 0.3) is 5.91 Å². The van der Waals surface area contributed by atoms with Gasteiger partial charge in [0.05, 0.1) is 17.4 Å². The van der Waals surface area contributed by atoms with E-state index in [-0.39, 0.29) is 23.6 Å². The highest BCUT2D eigenvalue weighted by Gasteiger charge is 2.30. The Labute approximate surface area is 195 Å². The third kappa shape index (κ3) is 4.22. The van der Waals surface area contributed by atoms with Gasteiger partial charge in [-0.25, -0.2) is 8.91 Å². The van der Waals surface area contributed by atoms with Crippen LogP contribution in [0.4, 0.5) is 10.3 Å². The number of aryl methyl sites for hydroxylation is 1. The molecule has 2 unspecified atom stereocenters. The first kappa shape index (κ1) is 22.0. The van der Waals surface area contributed by atoms with Crippen molar-refractivity contribution >= 4 is 17.5 Å². The van der Waals surface area contributed by atoms with Crippen LogP contribution in [0.15, 0.2) is 54.9 Å². The first-order valence-corrected chi connectivity index (χ1v) is 11.2. The molecule has 2 atom stereocenters. The second-order valence-corrected chi connectivity index (χ2v) is 8.70. The molecule has 1 fully saturated rings. The number of amides is 1. The normalized spacial score (nSPS) is 17.1. The highest BCUT2D eigenvalue weighted by Crippen LogP contribution is 2.31. The zero-order valence-electron chi connectivity index (χ0n) is 18.7. The van der Waals surface area contributed by atoms with E-state index in [0.717, 1.165) is 24.0 Å². The van der Waals surface area contributed by atoms with Crippen molar-refractivity contribution in [3.8, 4) is 11.1 Å². The fraction of sp³-hybridized carbons (Fsp3) is 0.280. The lowest BCUT2D eigenvalue weighted by Gasteiger charge is -2.35. The maximum atomic E-state index is 13.5. The number of piperidine rings is 1. The van der Waals surface area contributed by atoms with Crippen molar-refractivity contribution in [1.82, 2.24) is 24.5 Å². The van der Waals surface area contributed by atoms with Gasteiger partial charge in [-0.2, -0.15) is 4.98 Å². The van der Waals surface area contributed by atoms with Gasteiger partial charge >= 0.3 is 0 Å². The number of nitrogens with two attached hydrogens (primary N) is 1. The van der Waals surface area contributed by atoms with Gasteiger partial charge in [-0.15, -0.1) is 5.10 Å². The molecule has 0 bridgehead atoms. The lowest BCUT2D eigenvalue weighted by molar-refractivity contribution is 0.0400. The SMILES string of the molecule is Cc1ncc(-c2ccn3nc(N)nc3c2)cc1C(=O)N1CCCC(C(O)c2ccc(F)cc2)C1. The van der Waals surface area contributed by atoms with Crippen LogP contribution in [0.5, 0.6) is 0 Å². The van der Waals surface area contributed by atoms with Gasteiger partial charge in [-0.1, -0.05) is 12.1 Å². The van der Waals surface area contributed by atoms with Gasteiger partial charge in [0.2, 0.25) is 5.95 Å². The fourth-order valence-corrected chi connectivity index (χ4v) is 4.54. The Kier molecular flexibility index (Phi) is 5.70. The Hall–Kier alpha value is -3.85. The van der Waals surface area contributed by atoms with Crippen LogP contribution in [0.25, 0.3) is 16.8 Å². The molecule has 8 nitrogen and oxygen atoms in total. The lowest BCUT2D eigenvalue weighted by atomic mass is 9.88. The van der Waals surface area contributed by atoms with Crippen LogP contribution in [0.3, 0.4) is 0 Å².